The van der Waals surface area contributed by atoms with Crippen LogP contribution in [0.2, 0.25) is 0 Å². The lowest BCUT2D eigenvalue weighted by Crippen LogP contribution is -2.34. The minimum atomic E-state index is 0.422. The van der Waals surface area contributed by atoms with E-state index in [1.807, 2.05) is 30.6 Å². The van der Waals surface area contributed by atoms with E-state index in [0.717, 1.165) is 22.6 Å². The standard InChI is InChI=1S/C19H20N6/c1-13-8-14(2)10-15(9-13)18-16(11-22-19(21-3)23-12-20)24-17-6-4-5-7-25(17)18/h4-10H,11H2,1-3H3,(H2,21,22,23). The molecule has 3 aromatic rings. The second-order valence-corrected chi connectivity index (χ2v) is 5.87. The number of rotatable bonds is 3. The van der Waals surface area contributed by atoms with Crippen molar-refractivity contribution in [2.75, 3.05) is 7.05 Å². The van der Waals surface area contributed by atoms with E-state index in [1.165, 1.54) is 11.1 Å². The number of nitrogens with zero attached hydrogens (tertiary/aromatic N) is 4. The molecule has 1 aromatic carbocycles. The van der Waals surface area contributed by atoms with Gasteiger partial charge in [0.25, 0.3) is 0 Å². The Morgan fingerprint density at radius 2 is 2.00 bits per heavy atom. The summed E-state index contributed by atoms with van der Waals surface area (Å²) >= 11 is 0. The Hall–Kier alpha value is -3.33. The molecule has 0 saturated heterocycles. The van der Waals surface area contributed by atoms with E-state index in [-0.39, 0.29) is 0 Å². The van der Waals surface area contributed by atoms with Gasteiger partial charge >= 0.3 is 0 Å². The molecule has 6 nitrogen and oxygen atoms in total. The van der Waals surface area contributed by atoms with Gasteiger partial charge in [0.2, 0.25) is 5.96 Å². The number of fused-ring (bicyclic) bond motifs is 1. The largest absolute Gasteiger partial charge is 0.350 e. The van der Waals surface area contributed by atoms with Crippen LogP contribution in [0.4, 0.5) is 0 Å². The maximum atomic E-state index is 8.77. The molecule has 0 saturated carbocycles. The minimum absolute atomic E-state index is 0.422. The molecule has 6 heteroatoms. The van der Waals surface area contributed by atoms with Crippen LogP contribution in [0.25, 0.3) is 16.9 Å². The van der Waals surface area contributed by atoms with Crippen LogP contribution in [0, 0.1) is 25.3 Å². The lowest BCUT2D eigenvalue weighted by Gasteiger charge is -2.10. The van der Waals surface area contributed by atoms with E-state index in [9.17, 15) is 0 Å². The number of nitrogens with one attached hydrogen (secondary N) is 2. The number of hydrogen-bond donors (Lipinski definition) is 2. The molecular weight excluding hydrogens is 312 g/mol. The summed E-state index contributed by atoms with van der Waals surface area (Å²) in [5.74, 6) is 0.422. The first-order valence-electron chi connectivity index (χ1n) is 8.02. The van der Waals surface area contributed by atoms with Crippen molar-refractivity contribution in [3.8, 4) is 17.5 Å². The summed E-state index contributed by atoms with van der Waals surface area (Å²) < 4.78 is 2.09. The van der Waals surface area contributed by atoms with E-state index in [2.05, 4.69) is 52.1 Å². The summed E-state index contributed by atoms with van der Waals surface area (Å²) in [4.78, 5) is 8.76. The molecule has 2 heterocycles. The minimum Gasteiger partial charge on any atom is -0.350 e. The zero-order chi connectivity index (χ0) is 17.8. The maximum Gasteiger partial charge on any atom is 0.204 e. The van der Waals surface area contributed by atoms with Crippen molar-refractivity contribution < 1.29 is 0 Å². The van der Waals surface area contributed by atoms with E-state index in [4.69, 9.17) is 10.2 Å². The monoisotopic (exact) mass is 332 g/mol. The fraction of sp³-hybridized carbons (Fsp3) is 0.211. The Kier molecular flexibility index (Phi) is 4.66. The molecule has 0 unspecified atom stereocenters. The SMILES string of the molecule is C/N=C(\NC#N)NCc1nc2ccccn2c1-c1cc(C)cc(C)c1. The second-order valence-electron chi connectivity index (χ2n) is 5.87. The molecule has 2 N–H and O–H groups in total. The summed E-state index contributed by atoms with van der Waals surface area (Å²) in [6.45, 7) is 4.65. The van der Waals surface area contributed by atoms with E-state index in [1.54, 1.807) is 7.05 Å². The summed E-state index contributed by atoms with van der Waals surface area (Å²) in [5.41, 5.74) is 6.37. The van der Waals surface area contributed by atoms with Crippen LogP contribution >= 0.6 is 0 Å². The molecule has 0 aliphatic heterocycles. The van der Waals surface area contributed by atoms with Crippen molar-refractivity contribution in [3.63, 3.8) is 0 Å². The molecule has 3 rings (SSSR count). The van der Waals surface area contributed by atoms with Crippen molar-refractivity contribution in [1.29, 1.82) is 5.26 Å². The number of guanidine groups is 1. The number of hydrogen-bond acceptors (Lipinski definition) is 3. The smallest absolute Gasteiger partial charge is 0.204 e. The Morgan fingerprint density at radius 1 is 1.24 bits per heavy atom. The van der Waals surface area contributed by atoms with Gasteiger partial charge in [-0.1, -0.05) is 23.3 Å². The van der Waals surface area contributed by atoms with E-state index in [0.29, 0.717) is 12.5 Å². The fourth-order valence-corrected chi connectivity index (χ4v) is 2.98. The van der Waals surface area contributed by atoms with Gasteiger partial charge in [-0.2, -0.15) is 5.26 Å². The Bertz CT molecular complexity index is 957. The molecule has 0 radical (unpaired) electrons. The lowest BCUT2D eigenvalue weighted by molar-refractivity contribution is 0.858. The number of benzene rings is 1. The quantitative estimate of drug-likeness (QED) is 0.335. The number of aliphatic imine (C=N–C) groups is 1. The third-order valence-corrected chi connectivity index (χ3v) is 3.92. The van der Waals surface area contributed by atoms with Crippen molar-refractivity contribution in [2.45, 2.75) is 20.4 Å². The molecule has 25 heavy (non-hydrogen) atoms. The zero-order valence-corrected chi connectivity index (χ0v) is 14.5. The second kappa shape index (κ2) is 7.05. The van der Waals surface area contributed by atoms with Gasteiger partial charge in [-0.3, -0.25) is 14.7 Å². The Morgan fingerprint density at radius 3 is 2.68 bits per heavy atom. The molecule has 0 amide bonds. The van der Waals surface area contributed by atoms with Gasteiger partial charge in [-0.15, -0.1) is 0 Å². The summed E-state index contributed by atoms with van der Waals surface area (Å²) in [5, 5.41) is 14.4. The number of aromatic nitrogens is 2. The highest BCUT2D eigenvalue weighted by Gasteiger charge is 2.15. The van der Waals surface area contributed by atoms with Gasteiger partial charge in [-0.25, -0.2) is 4.98 Å². The lowest BCUT2D eigenvalue weighted by atomic mass is 10.0. The van der Waals surface area contributed by atoms with Crippen LogP contribution in [0.15, 0.2) is 47.6 Å². The number of imidazole rings is 1. The number of pyridine rings is 1. The highest BCUT2D eigenvalue weighted by atomic mass is 15.2. The molecule has 0 spiro atoms. The van der Waals surface area contributed by atoms with Crippen LogP contribution in [-0.2, 0) is 6.54 Å². The fourth-order valence-electron chi connectivity index (χ4n) is 2.98. The van der Waals surface area contributed by atoms with Crippen molar-refractivity contribution in [2.24, 2.45) is 4.99 Å². The van der Waals surface area contributed by atoms with Gasteiger partial charge in [0.15, 0.2) is 6.19 Å². The predicted molar refractivity (Wildman–Crippen MR) is 99.0 cm³/mol. The van der Waals surface area contributed by atoms with Gasteiger partial charge in [-0.05, 0) is 38.1 Å². The summed E-state index contributed by atoms with van der Waals surface area (Å²) in [6.07, 6.45) is 3.89. The van der Waals surface area contributed by atoms with Crippen LogP contribution in [0.3, 0.4) is 0 Å². The third kappa shape index (κ3) is 3.45. The maximum absolute atomic E-state index is 8.77. The molecule has 0 atom stereocenters. The molecule has 0 bridgehead atoms. The van der Waals surface area contributed by atoms with Crippen LogP contribution in [0.5, 0.6) is 0 Å². The third-order valence-electron chi connectivity index (χ3n) is 3.92. The Labute approximate surface area is 146 Å². The first-order chi connectivity index (χ1) is 12.1. The molecule has 0 fully saturated rings. The summed E-state index contributed by atoms with van der Waals surface area (Å²) in [6, 6.07) is 12.4. The zero-order valence-electron chi connectivity index (χ0n) is 14.5. The van der Waals surface area contributed by atoms with E-state index >= 15 is 0 Å². The van der Waals surface area contributed by atoms with Gasteiger partial charge < -0.3 is 5.32 Å². The number of nitriles is 1. The van der Waals surface area contributed by atoms with E-state index < -0.39 is 0 Å². The highest BCUT2D eigenvalue weighted by molar-refractivity contribution is 5.81. The predicted octanol–water partition coefficient (Wildman–Crippen LogP) is 2.76. The average Bonchev–Trinajstić information content (AvgIpc) is 2.96. The van der Waals surface area contributed by atoms with Gasteiger partial charge in [0.1, 0.15) is 5.65 Å². The Balaban J connectivity index is 2.08. The molecular formula is C19H20N6. The van der Waals surface area contributed by atoms with Crippen molar-refractivity contribution in [1.82, 2.24) is 20.0 Å². The first kappa shape index (κ1) is 16.5. The molecule has 2 aromatic heterocycles. The molecule has 0 aliphatic carbocycles. The highest BCUT2D eigenvalue weighted by Crippen LogP contribution is 2.27. The average molecular weight is 332 g/mol. The van der Waals surface area contributed by atoms with Crippen molar-refractivity contribution in [3.05, 3.63) is 59.4 Å². The topological polar surface area (TPSA) is 77.5 Å². The van der Waals surface area contributed by atoms with Crippen LogP contribution in [-0.4, -0.2) is 22.4 Å². The van der Waals surface area contributed by atoms with Gasteiger partial charge in [0, 0.05) is 18.8 Å². The van der Waals surface area contributed by atoms with Crippen molar-refractivity contribution >= 4 is 11.6 Å². The first-order valence-corrected chi connectivity index (χ1v) is 8.02. The molecule has 0 aliphatic rings. The normalized spacial score (nSPS) is 11.4. The summed E-state index contributed by atoms with van der Waals surface area (Å²) in [7, 11) is 1.63. The van der Waals surface area contributed by atoms with Crippen LogP contribution < -0.4 is 10.6 Å². The number of aryl methyl sites for hydroxylation is 2. The van der Waals surface area contributed by atoms with Gasteiger partial charge in [0.05, 0.1) is 17.9 Å². The van der Waals surface area contributed by atoms with Crippen LogP contribution in [0.1, 0.15) is 16.8 Å². The molecule has 126 valence electrons.